The number of nitrogens with one attached hydrogen (secondary N) is 2. The van der Waals surface area contributed by atoms with Gasteiger partial charge in [-0.05, 0) is 55.3 Å². The Balaban J connectivity index is 1.92. The maximum absolute atomic E-state index is 13.8. The number of hydrogen-bond donors (Lipinski definition) is 2. The van der Waals surface area contributed by atoms with Crippen molar-refractivity contribution in [1.82, 2.24) is 5.32 Å². The molecule has 0 saturated heterocycles. The van der Waals surface area contributed by atoms with Crippen LogP contribution in [0.15, 0.2) is 48.5 Å². The highest BCUT2D eigenvalue weighted by atomic mass is 19.1. The molecule has 28 heavy (non-hydrogen) atoms. The summed E-state index contributed by atoms with van der Waals surface area (Å²) in [5.41, 5.74) is 1.99. The summed E-state index contributed by atoms with van der Waals surface area (Å²) in [7, 11) is 1.39. The predicted molar refractivity (Wildman–Crippen MR) is 106 cm³/mol. The summed E-state index contributed by atoms with van der Waals surface area (Å²) < 4.78 is 23.5. The van der Waals surface area contributed by atoms with Gasteiger partial charge in [0.25, 0.3) is 0 Å². The van der Waals surface area contributed by atoms with E-state index >= 15 is 0 Å². The highest BCUT2D eigenvalue weighted by Gasteiger charge is 2.12. The number of carbonyl (C=O) groups is 2. The SMILES string of the molecule is CCOC(=O)/C=C\c1ccc(NC(=O)N[C@H](C)c2ccc(OC)c(F)c2)cc1. The molecule has 2 N–H and O–H groups in total. The van der Waals surface area contributed by atoms with Crippen molar-refractivity contribution in [2.75, 3.05) is 19.0 Å². The summed E-state index contributed by atoms with van der Waals surface area (Å²) in [6, 6.07) is 10.7. The van der Waals surface area contributed by atoms with E-state index in [1.807, 2.05) is 0 Å². The van der Waals surface area contributed by atoms with Gasteiger partial charge in [-0.1, -0.05) is 18.2 Å². The number of ether oxygens (including phenoxy) is 2. The Labute approximate surface area is 163 Å². The number of urea groups is 1. The highest BCUT2D eigenvalue weighted by Crippen LogP contribution is 2.21. The smallest absolute Gasteiger partial charge is 0.330 e. The molecule has 2 aromatic rings. The van der Waals surface area contributed by atoms with Crippen LogP contribution in [0.5, 0.6) is 5.75 Å². The Morgan fingerprint density at radius 1 is 1.18 bits per heavy atom. The van der Waals surface area contributed by atoms with E-state index < -0.39 is 23.9 Å². The molecule has 2 aromatic carbocycles. The van der Waals surface area contributed by atoms with E-state index in [1.54, 1.807) is 50.3 Å². The van der Waals surface area contributed by atoms with E-state index in [2.05, 4.69) is 10.6 Å². The molecule has 0 aliphatic rings. The standard InChI is InChI=1S/C21H23FN2O4/c1-4-28-20(25)12-7-15-5-9-17(10-6-15)24-21(26)23-14(2)16-8-11-19(27-3)18(22)13-16/h5-14H,4H2,1-3H3,(H2,23,24,26)/b12-7-/t14-/m1/s1. The van der Waals surface area contributed by atoms with Crippen molar-refractivity contribution in [3.05, 3.63) is 65.5 Å². The summed E-state index contributed by atoms with van der Waals surface area (Å²) >= 11 is 0. The van der Waals surface area contributed by atoms with Crippen LogP contribution in [-0.4, -0.2) is 25.7 Å². The fourth-order valence-corrected chi connectivity index (χ4v) is 2.43. The fraction of sp³-hybridized carbons (Fsp3) is 0.238. The Morgan fingerprint density at radius 2 is 1.89 bits per heavy atom. The number of hydrogen-bond acceptors (Lipinski definition) is 4. The molecular weight excluding hydrogens is 363 g/mol. The van der Waals surface area contributed by atoms with Gasteiger partial charge in [-0.15, -0.1) is 0 Å². The van der Waals surface area contributed by atoms with Crippen LogP contribution >= 0.6 is 0 Å². The maximum Gasteiger partial charge on any atom is 0.330 e. The molecule has 0 saturated carbocycles. The van der Waals surface area contributed by atoms with Crippen LogP contribution in [0.4, 0.5) is 14.9 Å². The minimum atomic E-state index is -0.486. The van der Waals surface area contributed by atoms with Gasteiger partial charge < -0.3 is 20.1 Å². The molecule has 0 bridgehead atoms. The van der Waals surface area contributed by atoms with Gasteiger partial charge in [-0.2, -0.15) is 0 Å². The highest BCUT2D eigenvalue weighted by molar-refractivity contribution is 5.90. The van der Waals surface area contributed by atoms with E-state index in [4.69, 9.17) is 9.47 Å². The zero-order valence-corrected chi connectivity index (χ0v) is 16.0. The monoisotopic (exact) mass is 386 g/mol. The molecule has 0 radical (unpaired) electrons. The molecule has 0 aliphatic carbocycles. The van der Waals surface area contributed by atoms with Gasteiger partial charge in [-0.25, -0.2) is 14.0 Å². The average Bonchev–Trinajstić information content (AvgIpc) is 2.67. The molecule has 0 heterocycles. The molecule has 1 atom stereocenters. The first-order chi connectivity index (χ1) is 13.4. The molecule has 7 heteroatoms. The molecule has 0 fully saturated rings. The first kappa shape index (κ1) is 21.0. The second kappa shape index (κ2) is 10.1. The molecule has 2 amide bonds. The lowest BCUT2D eigenvalue weighted by atomic mass is 10.1. The molecule has 0 aromatic heterocycles. The third kappa shape index (κ3) is 6.12. The van der Waals surface area contributed by atoms with Gasteiger partial charge >= 0.3 is 12.0 Å². The predicted octanol–water partition coefficient (Wildman–Crippen LogP) is 4.29. The first-order valence-corrected chi connectivity index (χ1v) is 8.78. The van der Waals surface area contributed by atoms with Crippen molar-refractivity contribution >= 4 is 23.8 Å². The number of methoxy groups -OCH3 is 1. The van der Waals surface area contributed by atoms with Gasteiger partial charge in [-0.3, -0.25) is 0 Å². The quantitative estimate of drug-likeness (QED) is 0.550. The van der Waals surface area contributed by atoms with E-state index in [0.29, 0.717) is 17.9 Å². The lowest BCUT2D eigenvalue weighted by molar-refractivity contribution is -0.137. The molecular formula is C21H23FN2O4. The zero-order valence-electron chi connectivity index (χ0n) is 16.0. The van der Waals surface area contributed by atoms with E-state index in [0.717, 1.165) is 5.56 Å². The number of rotatable bonds is 7. The third-order valence-corrected chi connectivity index (χ3v) is 3.89. The van der Waals surface area contributed by atoms with E-state index in [-0.39, 0.29) is 5.75 Å². The molecule has 0 spiro atoms. The van der Waals surface area contributed by atoms with Gasteiger partial charge in [0.2, 0.25) is 0 Å². The number of anilines is 1. The van der Waals surface area contributed by atoms with Crippen LogP contribution in [-0.2, 0) is 9.53 Å². The molecule has 0 unspecified atom stereocenters. The normalized spacial score (nSPS) is 11.7. The van der Waals surface area contributed by atoms with Gasteiger partial charge in [0.05, 0.1) is 19.8 Å². The third-order valence-electron chi connectivity index (χ3n) is 3.89. The van der Waals surface area contributed by atoms with Gasteiger partial charge in [0.1, 0.15) is 0 Å². The van der Waals surface area contributed by atoms with Crippen molar-refractivity contribution in [1.29, 1.82) is 0 Å². The molecule has 148 valence electrons. The van der Waals surface area contributed by atoms with E-state index in [1.165, 1.54) is 25.3 Å². The summed E-state index contributed by atoms with van der Waals surface area (Å²) in [6.07, 6.45) is 2.97. The molecule has 0 aliphatic heterocycles. The van der Waals surface area contributed by atoms with Crippen LogP contribution < -0.4 is 15.4 Å². The number of carbonyl (C=O) groups excluding carboxylic acids is 2. The van der Waals surface area contributed by atoms with Crippen LogP contribution in [0.1, 0.15) is 31.0 Å². The second-order valence-corrected chi connectivity index (χ2v) is 5.92. The Kier molecular flexibility index (Phi) is 7.56. The van der Waals surface area contributed by atoms with Gasteiger partial charge in [0.15, 0.2) is 11.6 Å². The van der Waals surface area contributed by atoms with Crippen molar-refractivity contribution in [3.63, 3.8) is 0 Å². The largest absolute Gasteiger partial charge is 0.494 e. The Hall–Kier alpha value is -3.35. The van der Waals surface area contributed by atoms with Crippen molar-refractivity contribution in [3.8, 4) is 5.75 Å². The number of esters is 1. The van der Waals surface area contributed by atoms with Crippen molar-refractivity contribution in [2.24, 2.45) is 0 Å². The molecule has 6 nitrogen and oxygen atoms in total. The fourth-order valence-electron chi connectivity index (χ4n) is 2.43. The van der Waals surface area contributed by atoms with Crippen molar-refractivity contribution in [2.45, 2.75) is 19.9 Å². The minimum Gasteiger partial charge on any atom is -0.494 e. The Bertz CT molecular complexity index is 850. The Morgan fingerprint density at radius 3 is 2.50 bits per heavy atom. The van der Waals surface area contributed by atoms with Crippen LogP contribution in [0, 0.1) is 5.82 Å². The average molecular weight is 386 g/mol. The van der Waals surface area contributed by atoms with Crippen LogP contribution in [0.2, 0.25) is 0 Å². The summed E-state index contributed by atoms with van der Waals surface area (Å²) in [5.74, 6) is -0.744. The maximum atomic E-state index is 13.8. The summed E-state index contributed by atoms with van der Waals surface area (Å²) in [5, 5.41) is 5.45. The van der Waals surface area contributed by atoms with Crippen LogP contribution in [0.25, 0.3) is 6.08 Å². The number of benzene rings is 2. The molecule has 2 rings (SSSR count). The zero-order chi connectivity index (χ0) is 20.5. The lowest BCUT2D eigenvalue weighted by Gasteiger charge is -2.16. The van der Waals surface area contributed by atoms with Crippen LogP contribution in [0.3, 0.4) is 0 Å². The number of halogens is 1. The topological polar surface area (TPSA) is 76.7 Å². The second-order valence-electron chi connectivity index (χ2n) is 5.92. The van der Waals surface area contributed by atoms with Crippen molar-refractivity contribution < 1.29 is 23.5 Å². The summed E-state index contributed by atoms with van der Waals surface area (Å²) in [6.45, 7) is 3.82. The minimum absolute atomic E-state index is 0.150. The van der Waals surface area contributed by atoms with Gasteiger partial charge in [0, 0.05) is 11.8 Å². The summed E-state index contributed by atoms with van der Waals surface area (Å²) in [4.78, 5) is 23.5. The van der Waals surface area contributed by atoms with E-state index in [9.17, 15) is 14.0 Å². The lowest BCUT2D eigenvalue weighted by Crippen LogP contribution is -2.31. The number of amides is 2. The first-order valence-electron chi connectivity index (χ1n) is 8.78.